The molecule has 0 spiro atoms. The van der Waals surface area contributed by atoms with Gasteiger partial charge >= 0.3 is 6.09 Å². The van der Waals surface area contributed by atoms with Crippen molar-refractivity contribution >= 4 is 27.9 Å². The molecule has 0 heterocycles. The summed E-state index contributed by atoms with van der Waals surface area (Å²) < 4.78 is 11.2. The van der Waals surface area contributed by atoms with Gasteiger partial charge in [-0.1, -0.05) is 12.8 Å². The second-order valence-corrected chi connectivity index (χ2v) is 8.50. The highest BCUT2D eigenvalue weighted by Gasteiger charge is 2.36. The lowest BCUT2D eigenvalue weighted by molar-refractivity contribution is 0.0505. The lowest BCUT2D eigenvalue weighted by Gasteiger charge is -2.31. The second-order valence-electron chi connectivity index (χ2n) is 7.64. The molecule has 26 heavy (non-hydrogen) atoms. The van der Waals surface area contributed by atoms with Crippen LogP contribution in [-0.2, 0) is 4.74 Å². The van der Waals surface area contributed by atoms with Gasteiger partial charge in [-0.2, -0.15) is 0 Å². The van der Waals surface area contributed by atoms with Crippen molar-refractivity contribution in [2.45, 2.75) is 57.6 Å². The van der Waals surface area contributed by atoms with Crippen LogP contribution >= 0.6 is 15.9 Å². The number of carbonyl (C=O) groups is 2. The van der Waals surface area contributed by atoms with E-state index in [0.29, 0.717) is 22.3 Å². The molecule has 1 aromatic carbocycles. The molecule has 2 rings (SSSR count). The molecule has 7 heteroatoms. The summed E-state index contributed by atoms with van der Waals surface area (Å²) in [6.07, 6.45) is 3.18. The van der Waals surface area contributed by atoms with Crippen LogP contribution in [0.25, 0.3) is 0 Å². The van der Waals surface area contributed by atoms with Crippen molar-refractivity contribution in [1.82, 2.24) is 10.6 Å². The Morgan fingerprint density at radius 1 is 1.23 bits per heavy atom. The summed E-state index contributed by atoms with van der Waals surface area (Å²) in [5, 5.41) is 5.93. The molecule has 0 saturated heterocycles. The van der Waals surface area contributed by atoms with Crippen LogP contribution in [0.4, 0.5) is 4.79 Å². The molecule has 0 unspecified atom stereocenters. The molecule has 2 amide bonds. The van der Waals surface area contributed by atoms with E-state index < -0.39 is 17.2 Å². The van der Waals surface area contributed by atoms with Gasteiger partial charge in [-0.25, -0.2) is 4.79 Å². The maximum Gasteiger partial charge on any atom is 0.407 e. The zero-order valence-corrected chi connectivity index (χ0v) is 17.4. The summed E-state index contributed by atoms with van der Waals surface area (Å²) in [7, 11) is 1.56. The van der Waals surface area contributed by atoms with E-state index in [-0.39, 0.29) is 5.91 Å². The fourth-order valence-electron chi connectivity index (χ4n) is 3.07. The lowest BCUT2D eigenvalue weighted by atomic mass is 9.96. The van der Waals surface area contributed by atoms with Gasteiger partial charge < -0.3 is 20.1 Å². The fourth-order valence-corrected chi connectivity index (χ4v) is 3.49. The number of methoxy groups -OCH3 is 1. The van der Waals surface area contributed by atoms with Crippen LogP contribution in [0, 0.1) is 0 Å². The number of alkyl carbamates (subject to hydrolysis) is 1. The molecule has 1 aliphatic rings. The Labute approximate surface area is 163 Å². The van der Waals surface area contributed by atoms with Crippen molar-refractivity contribution in [1.29, 1.82) is 0 Å². The first kappa shape index (κ1) is 20.6. The predicted octanol–water partition coefficient (Wildman–Crippen LogP) is 4.03. The third-order valence-corrected chi connectivity index (χ3v) is 5.02. The zero-order valence-electron chi connectivity index (χ0n) is 15.8. The number of carbonyl (C=O) groups excluding carboxylic acids is 2. The Hall–Kier alpha value is -1.76. The highest BCUT2D eigenvalue weighted by Crippen LogP contribution is 2.31. The quantitative estimate of drug-likeness (QED) is 0.744. The molecule has 0 atom stereocenters. The first-order valence-electron chi connectivity index (χ1n) is 8.77. The van der Waals surface area contributed by atoms with E-state index in [0.717, 1.165) is 25.7 Å². The molecule has 1 aliphatic carbocycles. The largest absolute Gasteiger partial charge is 0.497 e. The SMILES string of the molecule is COc1ccc(Br)c(C(=O)NC2(CNC(=O)OC(C)(C)C)CCCC2)c1. The predicted molar refractivity (Wildman–Crippen MR) is 104 cm³/mol. The molecule has 0 aliphatic heterocycles. The number of rotatable bonds is 5. The summed E-state index contributed by atoms with van der Waals surface area (Å²) in [5.41, 5.74) is -0.508. The Kier molecular flexibility index (Phi) is 6.55. The van der Waals surface area contributed by atoms with Gasteiger partial charge in [0.2, 0.25) is 0 Å². The summed E-state index contributed by atoms with van der Waals surface area (Å²) in [5.74, 6) is 0.425. The van der Waals surface area contributed by atoms with E-state index in [2.05, 4.69) is 26.6 Å². The smallest absolute Gasteiger partial charge is 0.407 e. The second kappa shape index (κ2) is 8.29. The number of amides is 2. The molecular formula is C19H27BrN2O4. The first-order chi connectivity index (χ1) is 12.1. The van der Waals surface area contributed by atoms with Gasteiger partial charge in [0, 0.05) is 11.0 Å². The molecule has 0 bridgehead atoms. The standard InChI is InChI=1S/C19H27BrN2O4/c1-18(2,3)26-17(24)21-12-19(9-5-6-10-19)22-16(23)14-11-13(25-4)7-8-15(14)20/h7-8,11H,5-6,9-10,12H2,1-4H3,(H,21,24)(H,22,23). The minimum Gasteiger partial charge on any atom is -0.497 e. The third kappa shape index (κ3) is 5.62. The van der Waals surface area contributed by atoms with Crippen molar-refractivity contribution in [3.63, 3.8) is 0 Å². The van der Waals surface area contributed by atoms with Gasteiger partial charge in [-0.3, -0.25) is 4.79 Å². The number of nitrogens with one attached hydrogen (secondary N) is 2. The van der Waals surface area contributed by atoms with Gasteiger partial charge in [0.25, 0.3) is 5.91 Å². The van der Waals surface area contributed by atoms with Crippen LogP contribution < -0.4 is 15.4 Å². The van der Waals surface area contributed by atoms with Gasteiger partial charge in [-0.15, -0.1) is 0 Å². The summed E-state index contributed by atoms with van der Waals surface area (Å²) in [6, 6.07) is 5.27. The van der Waals surface area contributed by atoms with Crippen LogP contribution in [0.15, 0.2) is 22.7 Å². The van der Waals surface area contributed by atoms with E-state index in [1.54, 1.807) is 25.3 Å². The average Bonchev–Trinajstić information content (AvgIpc) is 3.00. The van der Waals surface area contributed by atoms with E-state index in [1.807, 2.05) is 20.8 Å². The van der Waals surface area contributed by atoms with Crippen molar-refractivity contribution < 1.29 is 19.1 Å². The minimum absolute atomic E-state index is 0.191. The number of hydrogen-bond acceptors (Lipinski definition) is 4. The molecule has 144 valence electrons. The Bertz CT molecular complexity index is 664. The average molecular weight is 427 g/mol. The Morgan fingerprint density at radius 2 is 1.88 bits per heavy atom. The van der Waals surface area contributed by atoms with E-state index >= 15 is 0 Å². The summed E-state index contributed by atoms with van der Waals surface area (Å²) in [6.45, 7) is 5.80. The molecule has 1 aromatic rings. The monoisotopic (exact) mass is 426 g/mol. The van der Waals surface area contributed by atoms with Crippen LogP contribution in [0.5, 0.6) is 5.75 Å². The highest BCUT2D eigenvalue weighted by atomic mass is 79.9. The van der Waals surface area contributed by atoms with Crippen LogP contribution in [-0.4, -0.2) is 36.8 Å². The highest BCUT2D eigenvalue weighted by molar-refractivity contribution is 9.10. The Balaban J connectivity index is 2.07. The van der Waals surface area contributed by atoms with Crippen molar-refractivity contribution in [2.24, 2.45) is 0 Å². The van der Waals surface area contributed by atoms with E-state index in [9.17, 15) is 9.59 Å². The molecule has 0 radical (unpaired) electrons. The first-order valence-corrected chi connectivity index (χ1v) is 9.56. The number of hydrogen-bond donors (Lipinski definition) is 2. The van der Waals surface area contributed by atoms with Gasteiger partial charge in [0.1, 0.15) is 11.4 Å². The molecular weight excluding hydrogens is 400 g/mol. The number of ether oxygens (including phenoxy) is 2. The van der Waals surface area contributed by atoms with Crippen molar-refractivity contribution in [2.75, 3.05) is 13.7 Å². The molecule has 1 fully saturated rings. The topological polar surface area (TPSA) is 76.7 Å². The third-order valence-electron chi connectivity index (χ3n) is 4.33. The van der Waals surface area contributed by atoms with Gasteiger partial charge in [0.15, 0.2) is 0 Å². The van der Waals surface area contributed by atoms with Crippen LogP contribution in [0.3, 0.4) is 0 Å². The van der Waals surface area contributed by atoms with Crippen LogP contribution in [0.1, 0.15) is 56.8 Å². The van der Waals surface area contributed by atoms with E-state index in [1.165, 1.54) is 0 Å². The van der Waals surface area contributed by atoms with Gasteiger partial charge in [-0.05, 0) is 67.7 Å². The zero-order chi connectivity index (χ0) is 19.4. The lowest BCUT2D eigenvalue weighted by Crippen LogP contribution is -2.54. The number of halogens is 1. The molecule has 1 saturated carbocycles. The summed E-state index contributed by atoms with van der Waals surface area (Å²) in [4.78, 5) is 24.8. The van der Waals surface area contributed by atoms with Crippen molar-refractivity contribution in [3.05, 3.63) is 28.2 Å². The normalized spacial score (nSPS) is 16.0. The van der Waals surface area contributed by atoms with Gasteiger partial charge in [0.05, 0.1) is 18.2 Å². The molecule has 2 N–H and O–H groups in total. The summed E-state index contributed by atoms with van der Waals surface area (Å²) >= 11 is 3.42. The van der Waals surface area contributed by atoms with E-state index in [4.69, 9.17) is 9.47 Å². The molecule has 6 nitrogen and oxygen atoms in total. The maximum atomic E-state index is 12.8. The molecule has 0 aromatic heterocycles. The maximum absolute atomic E-state index is 12.8. The number of benzene rings is 1. The fraction of sp³-hybridized carbons (Fsp3) is 0.579. The Morgan fingerprint density at radius 3 is 2.46 bits per heavy atom. The van der Waals surface area contributed by atoms with Crippen LogP contribution in [0.2, 0.25) is 0 Å². The van der Waals surface area contributed by atoms with Crippen molar-refractivity contribution in [3.8, 4) is 5.75 Å². The minimum atomic E-state index is -0.554.